The first-order valence-corrected chi connectivity index (χ1v) is 13.8. The summed E-state index contributed by atoms with van der Waals surface area (Å²) in [5, 5.41) is 1.17. The van der Waals surface area contributed by atoms with E-state index in [1.165, 1.54) is 0 Å². The molecule has 0 fully saturated rings. The van der Waals surface area contributed by atoms with Gasteiger partial charge in [-0.25, -0.2) is 9.59 Å². The number of benzene rings is 4. The molecular formula is C37H28O6. The van der Waals surface area contributed by atoms with Gasteiger partial charge in [0.15, 0.2) is 0 Å². The summed E-state index contributed by atoms with van der Waals surface area (Å²) < 4.78 is 24.0. The molecule has 0 aliphatic heterocycles. The van der Waals surface area contributed by atoms with E-state index in [9.17, 15) is 9.59 Å². The molecule has 6 nitrogen and oxygen atoms in total. The first kappa shape index (κ1) is 27.5. The Morgan fingerprint density at radius 1 is 0.581 bits per heavy atom. The third-order valence-electron chi connectivity index (χ3n) is 7.22. The van der Waals surface area contributed by atoms with Gasteiger partial charge >= 0.3 is 11.3 Å². The quantitative estimate of drug-likeness (QED) is 0.124. The van der Waals surface area contributed by atoms with E-state index in [0.29, 0.717) is 39.0 Å². The van der Waals surface area contributed by atoms with Gasteiger partial charge in [-0.2, -0.15) is 0 Å². The van der Waals surface area contributed by atoms with Crippen molar-refractivity contribution in [2.45, 2.75) is 5.92 Å². The van der Waals surface area contributed by atoms with E-state index in [0.717, 1.165) is 11.1 Å². The van der Waals surface area contributed by atoms with Crippen LogP contribution in [-0.2, 0) is 0 Å². The van der Waals surface area contributed by atoms with Crippen molar-refractivity contribution < 1.29 is 18.3 Å². The van der Waals surface area contributed by atoms with Crippen LogP contribution in [0.4, 0.5) is 0 Å². The van der Waals surface area contributed by atoms with Crippen LogP contribution < -0.4 is 20.7 Å². The van der Waals surface area contributed by atoms with Crippen LogP contribution in [-0.4, -0.2) is 13.2 Å². The minimum atomic E-state index is -0.967. The maximum absolute atomic E-state index is 13.9. The highest BCUT2D eigenvalue weighted by atomic mass is 16.5. The van der Waals surface area contributed by atoms with E-state index in [1.807, 2.05) is 78.9 Å². The second-order valence-corrected chi connectivity index (χ2v) is 9.88. The fourth-order valence-electron chi connectivity index (χ4n) is 5.34. The molecule has 0 saturated carbocycles. The van der Waals surface area contributed by atoms with Crippen LogP contribution in [0.5, 0.6) is 11.5 Å². The van der Waals surface area contributed by atoms with Crippen molar-refractivity contribution in [1.82, 2.24) is 0 Å². The van der Waals surface area contributed by atoms with Crippen LogP contribution in [0.2, 0.25) is 0 Å². The molecule has 43 heavy (non-hydrogen) atoms. The lowest BCUT2D eigenvalue weighted by Gasteiger charge is -2.23. The topological polar surface area (TPSA) is 78.9 Å². The fraction of sp³-hybridized carbons (Fsp3) is 0.0811. The lowest BCUT2D eigenvalue weighted by molar-refractivity contribution is 0.350. The summed E-state index contributed by atoms with van der Waals surface area (Å²) in [5.41, 5.74) is 2.41. The summed E-state index contributed by atoms with van der Waals surface area (Å²) in [5.74, 6) is -0.372. The van der Waals surface area contributed by atoms with Crippen LogP contribution in [0.25, 0.3) is 33.1 Å². The van der Waals surface area contributed by atoms with E-state index in [-0.39, 0.29) is 24.3 Å². The number of para-hydroxylation sites is 2. The van der Waals surface area contributed by atoms with Gasteiger partial charge in [0.2, 0.25) is 0 Å². The molecule has 2 aromatic heterocycles. The maximum atomic E-state index is 13.9. The summed E-state index contributed by atoms with van der Waals surface area (Å²) in [7, 11) is 0. The molecule has 0 amide bonds. The molecular weight excluding hydrogens is 540 g/mol. The number of fused-ring (bicyclic) bond motifs is 2. The number of ether oxygens (including phenoxy) is 2. The summed E-state index contributed by atoms with van der Waals surface area (Å²) in [6, 6.07) is 31.9. The second-order valence-electron chi connectivity index (χ2n) is 9.88. The minimum Gasteiger partial charge on any atom is -0.488 e. The fourth-order valence-corrected chi connectivity index (χ4v) is 5.34. The molecule has 0 atom stereocenters. The summed E-state index contributed by atoms with van der Waals surface area (Å²) in [4.78, 5) is 27.9. The molecule has 0 saturated heterocycles. The first-order chi connectivity index (χ1) is 21.1. The number of rotatable bonds is 10. The number of hydrogen-bond acceptors (Lipinski definition) is 6. The predicted octanol–water partition coefficient (Wildman–Crippen LogP) is 7.88. The van der Waals surface area contributed by atoms with Crippen molar-refractivity contribution in [2.24, 2.45) is 0 Å². The highest BCUT2D eigenvalue weighted by Gasteiger charge is 2.33. The Bertz CT molecular complexity index is 1940. The molecule has 0 spiro atoms. The molecule has 0 bridgehead atoms. The molecule has 6 heteroatoms. The van der Waals surface area contributed by atoms with E-state index >= 15 is 0 Å². The van der Waals surface area contributed by atoms with Gasteiger partial charge in [0.1, 0.15) is 35.9 Å². The van der Waals surface area contributed by atoms with Crippen LogP contribution in [0.15, 0.2) is 147 Å². The Kier molecular flexibility index (Phi) is 7.74. The SMILES string of the molecule is C=CCOc1c(C(c2ccc(-c3ccccc3)cc2)c2c(OCC=C)c3ccccc3oc2=O)c(=O)oc2ccccc12. The van der Waals surface area contributed by atoms with Crippen molar-refractivity contribution in [2.75, 3.05) is 13.2 Å². The Morgan fingerprint density at radius 2 is 1.02 bits per heavy atom. The summed E-state index contributed by atoms with van der Waals surface area (Å²) in [6.07, 6.45) is 3.19. The largest absolute Gasteiger partial charge is 0.488 e. The van der Waals surface area contributed by atoms with Gasteiger partial charge in [0, 0.05) is 0 Å². The minimum absolute atomic E-state index is 0.131. The van der Waals surface area contributed by atoms with Crippen LogP contribution in [0.3, 0.4) is 0 Å². The van der Waals surface area contributed by atoms with Gasteiger partial charge in [-0.1, -0.05) is 104 Å². The van der Waals surface area contributed by atoms with E-state index < -0.39 is 17.2 Å². The summed E-state index contributed by atoms with van der Waals surface area (Å²) >= 11 is 0. The lowest BCUT2D eigenvalue weighted by atomic mass is 9.84. The monoisotopic (exact) mass is 568 g/mol. The predicted molar refractivity (Wildman–Crippen MR) is 169 cm³/mol. The molecule has 0 radical (unpaired) electrons. The Hall–Kier alpha value is -5.62. The van der Waals surface area contributed by atoms with Crippen LogP contribution in [0.1, 0.15) is 22.6 Å². The number of hydrogen-bond donors (Lipinski definition) is 0. The molecule has 0 N–H and O–H groups in total. The zero-order valence-electron chi connectivity index (χ0n) is 23.3. The molecule has 0 aliphatic rings. The van der Waals surface area contributed by atoms with E-state index in [2.05, 4.69) is 13.2 Å². The van der Waals surface area contributed by atoms with Gasteiger partial charge in [-0.15, -0.1) is 0 Å². The molecule has 6 rings (SSSR count). The van der Waals surface area contributed by atoms with E-state index in [1.54, 1.807) is 36.4 Å². The van der Waals surface area contributed by atoms with Crippen LogP contribution >= 0.6 is 0 Å². The molecule has 4 aromatic carbocycles. The van der Waals surface area contributed by atoms with Crippen molar-refractivity contribution in [1.29, 1.82) is 0 Å². The Labute approximate surface area is 247 Å². The molecule has 6 aromatic rings. The average Bonchev–Trinajstić information content (AvgIpc) is 3.04. The van der Waals surface area contributed by atoms with Gasteiger partial charge in [0.25, 0.3) is 0 Å². The highest BCUT2D eigenvalue weighted by molar-refractivity contribution is 5.87. The smallest absolute Gasteiger partial charge is 0.344 e. The van der Waals surface area contributed by atoms with Gasteiger partial charge in [0.05, 0.1) is 27.8 Å². The zero-order chi connectivity index (χ0) is 29.8. The molecule has 2 heterocycles. The Morgan fingerprint density at radius 3 is 1.51 bits per heavy atom. The van der Waals surface area contributed by atoms with Crippen molar-refractivity contribution >= 4 is 21.9 Å². The van der Waals surface area contributed by atoms with Gasteiger partial charge in [-0.05, 0) is 41.0 Å². The van der Waals surface area contributed by atoms with Crippen molar-refractivity contribution in [3.63, 3.8) is 0 Å². The van der Waals surface area contributed by atoms with Crippen molar-refractivity contribution in [3.8, 4) is 22.6 Å². The highest BCUT2D eigenvalue weighted by Crippen LogP contribution is 2.43. The standard InChI is InChI=1S/C37H28O6/c1-3-22-40-34-27-14-8-10-16-29(27)42-36(38)32(34)31(26-20-18-25(19-21-26)24-12-6-5-7-13-24)33-35(41-23-4-2)28-15-9-11-17-30(28)43-37(33)39/h3-21,31H,1-2,22-23H2. The molecule has 0 aliphatic carbocycles. The average molecular weight is 569 g/mol. The Balaban J connectivity index is 1.69. The maximum Gasteiger partial charge on any atom is 0.344 e. The van der Waals surface area contributed by atoms with Crippen LogP contribution in [0, 0.1) is 0 Å². The van der Waals surface area contributed by atoms with Gasteiger partial charge in [-0.3, -0.25) is 0 Å². The molecule has 0 unspecified atom stereocenters. The third-order valence-corrected chi connectivity index (χ3v) is 7.22. The first-order valence-electron chi connectivity index (χ1n) is 13.8. The summed E-state index contributed by atoms with van der Waals surface area (Å²) in [6.45, 7) is 7.83. The van der Waals surface area contributed by atoms with Gasteiger partial charge < -0.3 is 18.3 Å². The third kappa shape index (κ3) is 5.26. The van der Waals surface area contributed by atoms with E-state index in [4.69, 9.17) is 18.3 Å². The lowest BCUT2D eigenvalue weighted by Crippen LogP contribution is -2.23. The molecule has 212 valence electrons. The zero-order valence-corrected chi connectivity index (χ0v) is 23.3. The second kappa shape index (κ2) is 12.1. The van der Waals surface area contributed by atoms with Crippen molar-refractivity contribution in [3.05, 3.63) is 166 Å². The normalized spacial score (nSPS) is 11.1.